The highest BCUT2D eigenvalue weighted by Crippen LogP contribution is 2.55. The van der Waals surface area contributed by atoms with Crippen molar-refractivity contribution in [1.82, 2.24) is 0 Å². The Morgan fingerprint density at radius 2 is 0.696 bits per heavy atom. The lowest BCUT2D eigenvalue weighted by Crippen LogP contribution is -2.14. The van der Waals surface area contributed by atoms with Gasteiger partial charge < -0.3 is 0 Å². The number of hydrogen-bond acceptors (Lipinski definition) is 0. The van der Waals surface area contributed by atoms with Gasteiger partial charge in [0.2, 0.25) is 0 Å². The van der Waals surface area contributed by atoms with Crippen LogP contribution in [0.2, 0.25) is 0 Å². The highest BCUT2D eigenvalue weighted by molar-refractivity contribution is 5.84. The predicted molar refractivity (Wildman–Crippen MR) is 201 cm³/mol. The number of aryl methyl sites for hydroxylation is 2. The third kappa shape index (κ3) is 5.59. The van der Waals surface area contributed by atoms with Crippen LogP contribution in [0.5, 0.6) is 0 Å². The number of hydrogen-bond donors (Lipinski definition) is 0. The molecule has 0 aromatic heterocycles. The van der Waals surface area contributed by atoms with Gasteiger partial charge in [-0.1, -0.05) is 144 Å². The molecule has 0 radical (unpaired) electrons. The molecular weight excluding hydrogens is 553 g/mol. The van der Waals surface area contributed by atoms with Gasteiger partial charge in [0, 0.05) is 11.8 Å². The molecule has 0 spiro atoms. The maximum atomic E-state index is 2.57. The molecule has 2 aliphatic carbocycles. The van der Waals surface area contributed by atoms with Crippen molar-refractivity contribution in [3.05, 3.63) is 116 Å². The van der Waals surface area contributed by atoms with Gasteiger partial charge in [-0.2, -0.15) is 0 Å². The number of rotatable bonds is 3. The summed E-state index contributed by atoms with van der Waals surface area (Å²) in [7, 11) is 0. The quantitative estimate of drug-likeness (QED) is 0.216. The lowest BCUT2D eigenvalue weighted by Gasteiger charge is -2.25. The normalized spacial score (nSPS) is 17.5. The van der Waals surface area contributed by atoms with Crippen LogP contribution in [-0.4, -0.2) is 0 Å². The summed E-state index contributed by atoms with van der Waals surface area (Å²) in [5.41, 5.74) is 21.2. The SMILES string of the molecule is Cc1cc(C(C)(C)C)cc2c1-c1ccc(C(C)(C)C)cc1C2CCC1c2cc(C(C)(C)C)ccc2-c2c(C)cc(C(C)(C)C)cc21. The molecule has 0 saturated carbocycles. The van der Waals surface area contributed by atoms with Crippen molar-refractivity contribution >= 4 is 0 Å². The summed E-state index contributed by atoms with van der Waals surface area (Å²) in [4.78, 5) is 0. The Hall–Kier alpha value is -3.12. The van der Waals surface area contributed by atoms with Crippen LogP contribution >= 0.6 is 0 Å². The standard InChI is InChI=1S/C46H58/c1-27-21-31(45(9,10)11)25-39-33(37-23-29(43(3,4)5)15-17-35(37)41(27)39)19-20-34-38-24-30(44(6,7)8)16-18-36(38)42-28(2)22-32(26-40(34)42)46(12,13)14/h15-18,21-26,33-34H,19-20H2,1-14H3. The first-order valence-electron chi connectivity index (χ1n) is 17.8. The van der Waals surface area contributed by atoms with E-state index < -0.39 is 0 Å². The summed E-state index contributed by atoms with van der Waals surface area (Å²) in [6.07, 6.45) is 2.28. The van der Waals surface area contributed by atoms with E-state index in [1.807, 2.05) is 0 Å². The van der Waals surface area contributed by atoms with Crippen LogP contribution in [0.4, 0.5) is 0 Å². The van der Waals surface area contributed by atoms with Gasteiger partial charge in [-0.15, -0.1) is 0 Å². The zero-order valence-electron chi connectivity index (χ0n) is 31.3. The van der Waals surface area contributed by atoms with Gasteiger partial charge in [0.25, 0.3) is 0 Å². The van der Waals surface area contributed by atoms with E-state index in [1.165, 1.54) is 66.8 Å². The Bertz CT molecular complexity index is 1690. The molecule has 0 fully saturated rings. The summed E-state index contributed by atoms with van der Waals surface area (Å²) in [6.45, 7) is 32.9. The maximum Gasteiger partial charge on any atom is 0.0102 e. The monoisotopic (exact) mass is 610 g/mol. The van der Waals surface area contributed by atoms with E-state index >= 15 is 0 Å². The lowest BCUT2D eigenvalue weighted by atomic mass is 9.79. The molecule has 0 aliphatic heterocycles. The summed E-state index contributed by atoms with van der Waals surface area (Å²) in [5, 5.41) is 0. The molecule has 46 heavy (non-hydrogen) atoms. The van der Waals surface area contributed by atoms with Crippen molar-refractivity contribution in [2.45, 2.75) is 143 Å². The van der Waals surface area contributed by atoms with Crippen LogP contribution in [0.25, 0.3) is 22.3 Å². The van der Waals surface area contributed by atoms with Crippen LogP contribution in [0.3, 0.4) is 0 Å². The summed E-state index contributed by atoms with van der Waals surface area (Å²) < 4.78 is 0. The Balaban J connectivity index is 1.51. The number of benzene rings is 4. The van der Waals surface area contributed by atoms with E-state index in [2.05, 4.69) is 158 Å². The molecule has 4 aromatic carbocycles. The van der Waals surface area contributed by atoms with Gasteiger partial charge in [-0.25, -0.2) is 0 Å². The van der Waals surface area contributed by atoms with Crippen molar-refractivity contribution < 1.29 is 0 Å². The van der Waals surface area contributed by atoms with Crippen molar-refractivity contribution in [2.75, 3.05) is 0 Å². The molecule has 0 N–H and O–H groups in total. The highest BCUT2D eigenvalue weighted by Gasteiger charge is 2.37. The fraction of sp³-hybridized carbons (Fsp3) is 0.478. The summed E-state index contributed by atoms with van der Waals surface area (Å²) >= 11 is 0. The summed E-state index contributed by atoms with van der Waals surface area (Å²) in [6, 6.07) is 24.8. The van der Waals surface area contributed by atoms with E-state index in [1.54, 1.807) is 11.1 Å². The highest BCUT2D eigenvalue weighted by atomic mass is 14.4. The summed E-state index contributed by atoms with van der Waals surface area (Å²) in [5.74, 6) is 0.803. The molecule has 0 nitrogen and oxygen atoms in total. The van der Waals surface area contributed by atoms with Crippen LogP contribution in [0.15, 0.2) is 60.7 Å². The lowest BCUT2D eigenvalue weighted by molar-refractivity contribution is 0.576. The topological polar surface area (TPSA) is 0 Å². The maximum absolute atomic E-state index is 2.57. The van der Waals surface area contributed by atoms with E-state index in [0.29, 0.717) is 11.8 Å². The molecule has 2 aliphatic rings. The largest absolute Gasteiger partial charge is 0.0579 e. The van der Waals surface area contributed by atoms with E-state index in [0.717, 1.165) is 12.8 Å². The minimum atomic E-state index is 0.114. The molecule has 242 valence electrons. The first-order chi connectivity index (χ1) is 21.2. The van der Waals surface area contributed by atoms with Crippen LogP contribution in [-0.2, 0) is 21.7 Å². The molecule has 2 atom stereocenters. The third-order valence-electron chi connectivity index (χ3n) is 11.1. The first kappa shape index (κ1) is 32.8. The van der Waals surface area contributed by atoms with Crippen molar-refractivity contribution in [3.8, 4) is 22.3 Å². The molecule has 0 saturated heterocycles. The van der Waals surface area contributed by atoms with E-state index in [-0.39, 0.29) is 21.7 Å². The van der Waals surface area contributed by atoms with Gasteiger partial charge in [0.05, 0.1) is 0 Å². The zero-order valence-corrected chi connectivity index (χ0v) is 31.3. The minimum absolute atomic E-state index is 0.114. The van der Waals surface area contributed by atoms with Crippen molar-refractivity contribution in [1.29, 1.82) is 0 Å². The second-order valence-corrected chi connectivity index (χ2v) is 18.8. The van der Waals surface area contributed by atoms with Crippen LogP contribution < -0.4 is 0 Å². The fourth-order valence-electron chi connectivity index (χ4n) is 8.16. The smallest absolute Gasteiger partial charge is 0.0102 e. The Morgan fingerprint density at radius 1 is 0.391 bits per heavy atom. The van der Waals surface area contributed by atoms with Crippen molar-refractivity contribution in [3.63, 3.8) is 0 Å². The van der Waals surface area contributed by atoms with E-state index in [9.17, 15) is 0 Å². The predicted octanol–water partition coefficient (Wildman–Crippen LogP) is 13.2. The zero-order chi connectivity index (χ0) is 33.7. The molecule has 2 unspecified atom stereocenters. The third-order valence-corrected chi connectivity index (χ3v) is 11.1. The molecule has 0 heterocycles. The fourth-order valence-corrected chi connectivity index (χ4v) is 8.16. The second-order valence-electron chi connectivity index (χ2n) is 18.8. The molecule has 4 aromatic rings. The van der Waals surface area contributed by atoms with Gasteiger partial charge in [0.15, 0.2) is 0 Å². The average Bonchev–Trinajstić information content (AvgIpc) is 3.41. The minimum Gasteiger partial charge on any atom is -0.0579 e. The Morgan fingerprint density at radius 3 is 1.00 bits per heavy atom. The van der Waals surface area contributed by atoms with Gasteiger partial charge >= 0.3 is 0 Å². The molecule has 0 amide bonds. The molecule has 0 heteroatoms. The van der Waals surface area contributed by atoms with Gasteiger partial charge in [-0.3, -0.25) is 0 Å². The van der Waals surface area contributed by atoms with E-state index in [4.69, 9.17) is 0 Å². The average molecular weight is 611 g/mol. The second kappa shape index (κ2) is 10.7. The Labute approximate surface area is 281 Å². The van der Waals surface area contributed by atoms with Gasteiger partial charge in [-0.05, 0) is 126 Å². The number of fused-ring (bicyclic) bond motifs is 6. The van der Waals surface area contributed by atoms with Crippen molar-refractivity contribution in [2.24, 2.45) is 0 Å². The van der Waals surface area contributed by atoms with Crippen LogP contribution in [0, 0.1) is 13.8 Å². The molecular formula is C46H58. The molecule has 6 rings (SSSR count). The molecule has 0 bridgehead atoms. The first-order valence-corrected chi connectivity index (χ1v) is 17.8. The van der Waals surface area contributed by atoms with Crippen LogP contribution in [0.1, 0.15) is 163 Å². The Kier molecular flexibility index (Phi) is 7.63. The van der Waals surface area contributed by atoms with Gasteiger partial charge in [0.1, 0.15) is 0 Å².